The van der Waals surface area contributed by atoms with Crippen LogP contribution in [0, 0.1) is 13.8 Å². The molecule has 0 bridgehead atoms. The highest BCUT2D eigenvalue weighted by molar-refractivity contribution is 5.55. The molecule has 1 aromatic carbocycles. The zero-order valence-corrected chi connectivity index (χ0v) is 11.8. The van der Waals surface area contributed by atoms with Gasteiger partial charge in [-0.2, -0.15) is 0 Å². The molecule has 1 atom stereocenters. The first kappa shape index (κ1) is 14.8. The van der Waals surface area contributed by atoms with Gasteiger partial charge in [0.25, 0.3) is 0 Å². The molecular formula is C14H23NO3. The van der Waals surface area contributed by atoms with E-state index in [1.54, 1.807) is 14.2 Å². The summed E-state index contributed by atoms with van der Waals surface area (Å²) >= 11 is 0. The highest BCUT2D eigenvalue weighted by Gasteiger charge is 2.30. The molecule has 0 fully saturated rings. The fraction of sp³-hybridized carbons (Fsp3) is 0.571. The number of ether oxygens (including phenoxy) is 2. The van der Waals surface area contributed by atoms with E-state index in [1.165, 1.54) is 0 Å². The summed E-state index contributed by atoms with van der Waals surface area (Å²) < 4.78 is 10.9. The van der Waals surface area contributed by atoms with Crippen LogP contribution in [-0.2, 0) is 5.41 Å². The fourth-order valence-electron chi connectivity index (χ4n) is 2.05. The van der Waals surface area contributed by atoms with E-state index in [1.807, 2.05) is 26.8 Å². The Morgan fingerprint density at radius 3 is 2.22 bits per heavy atom. The van der Waals surface area contributed by atoms with Crippen LogP contribution in [0.4, 0.5) is 0 Å². The molecule has 3 N–H and O–H groups in total. The second-order valence-electron chi connectivity index (χ2n) is 4.83. The van der Waals surface area contributed by atoms with Gasteiger partial charge in [0, 0.05) is 17.5 Å². The molecule has 1 rings (SSSR count). The monoisotopic (exact) mass is 253 g/mol. The summed E-state index contributed by atoms with van der Waals surface area (Å²) in [4.78, 5) is 0. The Bertz CT molecular complexity index is 426. The molecule has 0 aliphatic rings. The largest absolute Gasteiger partial charge is 0.496 e. The number of aliphatic hydroxyl groups excluding tert-OH is 1. The number of aliphatic hydroxyl groups is 1. The molecule has 0 saturated carbocycles. The van der Waals surface area contributed by atoms with Gasteiger partial charge >= 0.3 is 0 Å². The molecule has 0 saturated heterocycles. The number of rotatable bonds is 5. The van der Waals surface area contributed by atoms with E-state index in [0.29, 0.717) is 6.54 Å². The highest BCUT2D eigenvalue weighted by atomic mass is 16.5. The SMILES string of the molecule is COc1cc(C(C)(CN)CO)c(OC)c(C)c1C. The average Bonchev–Trinajstić information content (AvgIpc) is 2.40. The van der Waals surface area contributed by atoms with Gasteiger partial charge in [0.05, 0.1) is 20.8 Å². The van der Waals surface area contributed by atoms with Gasteiger partial charge in [-0.15, -0.1) is 0 Å². The molecule has 18 heavy (non-hydrogen) atoms. The zero-order valence-electron chi connectivity index (χ0n) is 11.8. The molecule has 4 heteroatoms. The molecule has 0 radical (unpaired) electrons. The molecular weight excluding hydrogens is 230 g/mol. The molecule has 0 aliphatic heterocycles. The van der Waals surface area contributed by atoms with Gasteiger partial charge in [0.15, 0.2) is 0 Å². The van der Waals surface area contributed by atoms with Crippen molar-refractivity contribution in [2.24, 2.45) is 5.73 Å². The number of hydrogen-bond donors (Lipinski definition) is 2. The first-order valence-electron chi connectivity index (χ1n) is 5.98. The van der Waals surface area contributed by atoms with Crippen molar-refractivity contribution in [3.05, 3.63) is 22.8 Å². The van der Waals surface area contributed by atoms with Crippen molar-refractivity contribution in [1.82, 2.24) is 0 Å². The molecule has 0 amide bonds. The number of hydrogen-bond acceptors (Lipinski definition) is 4. The molecule has 1 unspecified atom stereocenters. The van der Waals surface area contributed by atoms with E-state index in [2.05, 4.69) is 0 Å². The first-order chi connectivity index (χ1) is 8.45. The van der Waals surface area contributed by atoms with Crippen molar-refractivity contribution in [2.75, 3.05) is 27.4 Å². The molecule has 0 aliphatic carbocycles. The third-order valence-corrected chi connectivity index (χ3v) is 3.67. The van der Waals surface area contributed by atoms with Crippen LogP contribution in [0.25, 0.3) is 0 Å². The van der Waals surface area contributed by atoms with E-state index in [-0.39, 0.29) is 6.61 Å². The summed E-state index contributed by atoms with van der Waals surface area (Å²) in [5.74, 6) is 1.56. The van der Waals surface area contributed by atoms with Crippen molar-refractivity contribution in [3.8, 4) is 11.5 Å². The summed E-state index contributed by atoms with van der Waals surface area (Å²) in [7, 11) is 3.27. The lowest BCUT2D eigenvalue weighted by Gasteiger charge is -2.30. The maximum absolute atomic E-state index is 9.61. The maximum Gasteiger partial charge on any atom is 0.126 e. The fourth-order valence-corrected chi connectivity index (χ4v) is 2.05. The summed E-state index contributed by atoms with van der Waals surface area (Å²) in [6, 6.07) is 1.91. The third-order valence-electron chi connectivity index (χ3n) is 3.67. The Morgan fingerprint density at radius 2 is 1.83 bits per heavy atom. The van der Waals surface area contributed by atoms with Crippen LogP contribution < -0.4 is 15.2 Å². The van der Waals surface area contributed by atoms with Gasteiger partial charge in [-0.05, 0) is 31.0 Å². The summed E-state index contributed by atoms with van der Waals surface area (Å²) in [5.41, 5.74) is 8.20. The minimum Gasteiger partial charge on any atom is -0.496 e. The van der Waals surface area contributed by atoms with Crippen molar-refractivity contribution < 1.29 is 14.6 Å². The zero-order chi connectivity index (χ0) is 13.9. The van der Waals surface area contributed by atoms with Gasteiger partial charge < -0.3 is 20.3 Å². The lowest BCUT2D eigenvalue weighted by molar-refractivity contribution is 0.206. The summed E-state index contributed by atoms with van der Waals surface area (Å²) in [5, 5.41) is 9.61. The van der Waals surface area contributed by atoms with E-state index >= 15 is 0 Å². The second kappa shape index (κ2) is 5.59. The minimum atomic E-state index is -0.531. The topological polar surface area (TPSA) is 64.7 Å². The average molecular weight is 253 g/mol. The molecule has 102 valence electrons. The van der Waals surface area contributed by atoms with Crippen LogP contribution >= 0.6 is 0 Å². The lowest BCUT2D eigenvalue weighted by Crippen LogP contribution is -2.36. The quantitative estimate of drug-likeness (QED) is 0.835. The number of benzene rings is 1. The molecule has 1 aromatic rings. The Hall–Kier alpha value is -1.26. The lowest BCUT2D eigenvalue weighted by atomic mass is 9.81. The Labute approximate surface area is 109 Å². The number of methoxy groups -OCH3 is 2. The van der Waals surface area contributed by atoms with E-state index in [9.17, 15) is 5.11 Å². The molecule has 0 spiro atoms. The van der Waals surface area contributed by atoms with Crippen molar-refractivity contribution >= 4 is 0 Å². The molecule has 4 nitrogen and oxygen atoms in total. The molecule has 0 heterocycles. The standard InChI is InChI=1S/C14H23NO3/c1-9-10(2)13(18-5)11(6-12(9)17-4)14(3,7-15)8-16/h6,16H,7-8,15H2,1-5H3. The van der Waals surface area contributed by atoms with Gasteiger partial charge in [0.1, 0.15) is 11.5 Å². The normalized spacial score (nSPS) is 14.2. The van der Waals surface area contributed by atoms with Crippen LogP contribution in [0.3, 0.4) is 0 Å². The molecule has 0 aromatic heterocycles. The minimum absolute atomic E-state index is 0.0362. The Morgan fingerprint density at radius 1 is 1.22 bits per heavy atom. The summed E-state index contributed by atoms with van der Waals surface area (Å²) in [6.45, 7) is 6.18. The predicted molar refractivity (Wildman–Crippen MR) is 72.5 cm³/mol. The van der Waals surface area contributed by atoms with Crippen molar-refractivity contribution in [1.29, 1.82) is 0 Å². The Balaban J connectivity index is 3.56. The van der Waals surface area contributed by atoms with Crippen LogP contribution in [0.2, 0.25) is 0 Å². The third kappa shape index (κ3) is 2.31. The van der Waals surface area contributed by atoms with E-state index < -0.39 is 5.41 Å². The van der Waals surface area contributed by atoms with E-state index in [0.717, 1.165) is 28.2 Å². The van der Waals surface area contributed by atoms with Gasteiger partial charge in [-0.3, -0.25) is 0 Å². The van der Waals surface area contributed by atoms with Crippen LogP contribution in [0.5, 0.6) is 11.5 Å². The summed E-state index contributed by atoms with van der Waals surface area (Å²) in [6.07, 6.45) is 0. The van der Waals surface area contributed by atoms with Crippen molar-refractivity contribution in [3.63, 3.8) is 0 Å². The first-order valence-corrected chi connectivity index (χ1v) is 5.98. The smallest absolute Gasteiger partial charge is 0.126 e. The Kier molecular flexibility index (Phi) is 4.59. The van der Waals surface area contributed by atoms with Crippen LogP contribution in [-0.4, -0.2) is 32.5 Å². The second-order valence-corrected chi connectivity index (χ2v) is 4.83. The maximum atomic E-state index is 9.61. The van der Waals surface area contributed by atoms with Gasteiger partial charge in [-0.25, -0.2) is 0 Å². The predicted octanol–water partition coefficient (Wildman–Crippen LogP) is 1.53. The van der Waals surface area contributed by atoms with Crippen molar-refractivity contribution in [2.45, 2.75) is 26.2 Å². The number of nitrogens with two attached hydrogens (primary N) is 1. The van der Waals surface area contributed by atoms with E-state index in [4.69, 9.17) is 15.2 Å². The highest BCUT2D eigenvalue weighted by Crippen LogP contribution is 2.39. The van der Waals surface area contributed by atoms with Crippen LogP contribution in [0.15, 0.2) is 6.07 Å². The van der Waals surface area contributed by atoms with Crippen LogP contribution in [0.1, 0.15) is 23.6 Å². The van der Waals surface area contributed by atoms with Gasteiger partial charge in [-0.1, -0.05) is 6.92 Å². The van der Waals surface area contributed by atoms with Gasteiger partial charge in [0.2, 0.25) is 0 Å².